The van der Waals surface area contributed by atoms with Gasteiger partial charge in [-0.25, -0.2) is 13.2 Å². The van der Waals surface area contributed by atoms with E-state index in [-0.39, 0.29) is 17.8 Å². The van der Waals surface area contributed by atoms with Crippen molar-refractivity contribution in [3.8, 4) is 0 Å². The molecule has 0 aromatic rings. The molecular formula is C15H26N2O3S. The fourth-order valence-electron chi connectivity index (χ4n) is 4.40. The third-order valence-corrected chi connectivity index (χ3v) is 8.29. The average Bonchev–Trinajstić information content (AvgIpc) is 3.05. The molecule has 3 rings (SSSR count). The van der Waals surface area contributed by atoms with E-state index in [1.165, 1.54) is 25.7 Å². The molecule has 6 heteroatoms. The van der Waals surface area contributed by atoms with Crippen LogP contribution >= 0.6 is 0 Å². The van der Waals surface area contributed by atoms with Crippen LogP contribution in [0.2, 0.25) is 0 Å². The second-order valence-electron chi connectivity index (χ2n) is 7.13. The number of nitrogens with one attached hydrogen (secondary N) is 1. The Morgan fingerprint density at radius 2 is 2.00 bits per heavy atom. The Balaban J connectivity index is 1.54. The Hall–Kier alpha value is -0.780. The lowest BCUT2D eigenvalue weighted by molar-refractivity contribution is 0.174. The number of amides is 2. The molecule has 3 fully saturated rings. The van der Waals surface area contributed by atoms with E-state index in [0.717, 1.165) is 18.4 Å². The standard InChI is InChI=1S/C15H26N2O3S/c1-10-11(2)21(19,20)6-5-17(10)15(18)16-9-14-8-12-3-4-13(14)7-12/h10-14H,3-9H2,1-2H3,(H,16,18). The van der Waals surface area contributed by atoms with Gasteiger partial charge in [0.05, 0.1) is 11.0 Å². The molecule has 120 valence electrons. The third-order valence-electron chi connectivity index (χ3n) is 6.01. The SMILES string of the molecule is CC1C(C)S(=O)(=O)CCN1C(=O)NCC1CC2CCC1C2. The van der Waals surface area contributed by atoms with Crippen molar-refractivity contribution >= 4 is 15.9 Å². The monoisotopic (exact) mass is 314 g/mol. The van der Waals surface area contributed by atoms with Crippen molar-refractivity contribution in [3.05, 3.63) is 0 Å². The highest BCUT2D eigenvalue weighted by atomic mass is 32.2. The Kier molecular flexibility index (Phi) is 3.93. The highest BCUT2D eigenvalue weighted by molar-refractivity contribution is 7.92. The molecule has 1 saturated heterocycles. The van der Waals surface area contributed by atoms with Gasteiger partial charge in [-0.05, 0) is 50.9 Å². The first kappa shape index (κ1) is 15.1. The van der Waals surface area contributed by atoms with E-state index < -0.39 is 15.1 Å². The summed E-state index contributed by atoms with van der Waals surface area (Å²) in [5, 5.41) is 2.58. The van der Waals surface area contributed by atoms with Crippen LogP contribution in [0.15, 0.2) is 0 Å². The number of carbonyl (C=O) groups is 1. The van der Waals surface area contributed by atoms with Crippen molar-refractivity contribution in [2.45, 2.75) is 50.8 Å². The lowest BCUT2D eigenvalue weighted by Gasteiger charge is -2.37. The van der Waals surface area contributed by atoms with Crippen LogP contribution < -0.4 is 5.32 Å². The number of hydrogen-bond acceptors (Lipinski definition) is 3. The van der Waals surface area contributed by atoms with Gasteiger partial charge in [-0.3, -0.25) is 0 Å². The second kappa shape index (κ2) is 5.45. The molecule has 1 N–H and O–H groups in total. The second-order valence-corrected chi connectivity index (χ2v) is 9.60. The zero-order valence-corrected chi connectivity index (χ0v) is 13.7. The Morgan fingerprint density at radius 3 is 2.62 bits per heavy atom. The summed E-state index contributed by atoms with van der Waals surface area (Å²) in [4.78, 5) is 14.0. The van der Waals surface area contributed by atoms with E-state index >= 15 is 0 Å². The number of hydrogen-bond donors (Lipinski definition) is 1. The van der Waals surface area contributed by atoms with Gasteiger partial charge in [0.15, 0.2) is 9.84 Å². The summed E-state index contributed by atoms with van der Waals surface area (Å²) in [6, 6.07) is -0.337. The molecule has 2 aliphatic carbocycles. The van der Waals surface area contributed by atoms with Gasteiger partial charge in [0.2, 0.25) is 0 Å². The first-order chi connectivity index (χ1) is 9.88. The molecule has 2 bridgehead atoms. The summed E-state index contributed by atoms with van der Waals surface area (Å²) in [7, 11) is -3.04. The van der Waals surface area contributed by atoms with Crippen LogP contribution in [-0.2, 0) is 9.84 Å². The number of rotatable bonds is 2. The smallest absolute Gasteiger partial charge is 0.317 e. The van der Waals surface area contributed by atoms with E-state index in [1.54, 1.807) is 11.8 Å². The maximum absolute atomic E-state index is 12.3. The molecule has 2 saturated carbocycles. The molecule has 0 radical (unpaired) electrons. The number of sulfone groups is 1. The van der Waals surface area contributed by atoms with Gasteiger partial charge < -0.3 is 10.2 Å². The van der Waals surface area contributed by atoms with E-state index in [4.69, 9.17) is 0 Å². The van der Waals surface area contributed by atoms with Crippen molar-refractivity contribution in [3.63, 3.8) is 0 Å². The molecule has 0 aromatic heterocycles. The highest BCUT2D eigenvalue weighted by Crippen LogP contribution is 2.47. The molecule has 1 heterocycles. The van der Waals surface area contributed by atoms with Gasteiger partial charge in [-0.2, -0.15) is 0 Å². The molecule has 21 heavy (non-hydrogen) atoms. The zero-order chi connectivity index (χ0) is 15.2. The Bertz CT molecular complexity index is 519. The normalized spacial score (nSPS) is 41.2. The fourth-order valence-corrected chi connectivity index (χ4v) is 5.97. The largest absolute Gasteiger partial charge is 0.338 e. The van der Waals surface area contributed by atoms with Crippen molar-refractivity contribution in [1.82, 2.24) is 10.2 Å². The number of urea groups is 1. The molecule has 3 aliphatic rings. The van der Waals surface area contributed by atoms with Crippen LogP contribution in [-0.4, -0.2) is 49.5 Å². The topological polar surface area (TPSA) is 66.5 Å². The van der Waals surface area contributed by atoms with Crippen molar-refractivity contribution < 1.29 is 13.2 Å². The fraction of sp³-hybridized carbons (Fsp3) is 0.933. The maximum atomic E-state index is 12.3. The molecule has 5 unspecified atom stereocenters. The van der Waals surface area contributed by atoms with Gasteiger partial charge in [0, 0.05) is 19.1 Å². The lowest BCUT2D eigenvalue weighted by Crippen LogP contribution is -2.57. The maximum Gasteiger partial charge on any atom is 0.317 e. The minimum atomic E-state index is -3.04. The van der Waals surface area contributed by atoms with Crippen LogP contribution in [0.25, 0.3) is 0 Å². The number of fused-ring (bicyclic) bond motifs is 2. The Labute approximate surface area is 127 Å². The highest BCUT2D eigenvalue weighted by Gasteiger charge is 2.41. The summed E-state index contributed by atoms with van der Waals surface area (Å²) < 4.78 is 23.7. The molecule has 5 nitrogen and oxygen atoms in total. The van der Waals surface area contributed by atoms with E-state index in [2.05, 4.69) is 5.32 Å². The summed E-state index contributed by atoms with van der Waals surface area (Å²) >= 11 is 0. The van der Waals surface area contributed by atoms with E-state index in [0.29, 0.717) is 12.5 Å². The van der Waals surface area contributed by atoms with Crippen molar-refractivity contribution in [2.24, 2.45) is 17.8 Å². The van der Waals surface area contributed by atoms with Crippen LogP contribution in [0.4, 0.5) is 4.79 Å². The zero-order valence-electron chi connectivity index (χ0n) is 12.9. The predicted octanol–water partition coefficient (Wildman–Crippen LogP) is 1.64. The van der Waals surface area contributed by atoms with Crippen LogP contribution in [0.1, 0.15) is 39.5 Å². The molecule has 5 atom stereocenters. The summed E-state index contributed by atoms with van der Waals surface area (Å²) in [6.07, 6.45) is 5.29. The summed E-state index contributed by atoms with van der Waals surface area (Å²) in [5.41, 5.74) is 0. The van der Waals surface area contributed by atoms with Gasteiger partial charge in [0.25, 0.3) is 0 Å². The van der Waals surface area contributed by atoms with Crippen LogP contribution in [0.3, 0.4) is 0 Å². The van der Waals surface area contributed by atoms with Crippen LogP contribution in [0, 0.1) is 17.8 Å². The summed E-state index contributed by atoms with van der Waals surface area (Å²) in [5.74, 6) is 2.40. The lowest BCUT2D eigenvalue weighted by atomic mass is 9.89. The molecular weight excluding hydrogens is 288 g/mol. The van der Waals surface area contributed by atoms with Crippen molar-refractivity contribution in [1.29, 1.82) is 0 Å². The third kappa shape index (κ3) is 2.79. The van der Waals surface area contributed by atoms with Crippen LogP contribution in [0.5, 0.6) is 0 Å². The predicted molar refractivity (Wildman–Crippen MR) is 81.8 cm³/mol. The van der Waals surface area contributed by atoms with Gasteiger partial charge >= 0.3 is 6.03 Å². The average molecular weight is 314 g/mol. The Morgan fingerprint density at radius 1 is 1.24 bits per heavy atom. The quantitative estimate of drug-likeness (QED) is 0.842. The molecule has 1 aliphatic heterocycles. The van der Waals surface area contributed by atoms with E-state index in [1.807, 2.05) is 6.92 Å². The molecule has 2 amide bonds. The molecule has 0 spiro atoms. The van der Waals surface area contributed by atoms with Gasteiger partial charge in [-0.15, -0.1) is 0 Å². The minimum Gasteiger partial charge on any atom is -0.338 e. The van der Waals surface area contributed by atoms with E-state index in [9.17, 15) is 13.2 Å². The minimum absolute atomic E-state index is 0.0834. The first-order valence-corrected chi connectivity index (χ1v) is 9.86. The first-order valence-electron chi connectivity index (χ1n) is 8.14. The number of nitrogens with zero attached hydrogens (tertiary/aromatic N) is 1. The van der Waals surface area contributed by atoms with Gasteiger partial charge in [-0.1, -0.05) is 6.42 Å². The summed E-state index contributed by atoms with van der Waals surface area (Å²) in [6.45, 7) is 4.61. The molecule has 0 aromatic carbocycles. The number of carbonyl (C=O) groups excluding carboxylic acids is 1. The van der Waals surface area contributed by atoms with Crippen molar-refractivity contribution in [2.75, 3.05) is 18.8 Å². The van der Waals surface area contributed by atoms with Gasteiger partial charge in [0.1, 0.15) is 0 Å².